The number of thioether (sulfide) groups is 1. The number of hydrogen-bond acceptors (Lipinski definition) is 3. The van der Waals surface area contributed by atoms with E-state index in [1.165, 1.54) is 0 Å². The molecule has 2 amide bonds. The Labute approximate surface area is 115 Å². The fraction of sp³-hybridized carbons (Fsp3) is 0.923. The van der Waals surface area contributed by atoms with E-state index in [1.54, 1.807) is 7.11 Å². The quantitative estimate of drug-likeness (QED) is 0.756. The van der Waals surface area contributed by atoms with Crippen molar-refractivity contribution in [3.63, 3.8) is 0 Å². The Morgan fingerprint density at radius 3 is 2.89 bits per heavy atom. The van der Waals surface area contributed by atoms with Gasteiger partial charge in [-0.05, 0) is 26.2 Å². The molecule has 5 heteroatoms. The summed E-state index contributed by atoms with van der Waals surface area (Å²) in [6, 6.07) is 0.429. The van der Waals surface area contributed by atoms with Crippen molar-refractivity contribution in [2.24, 2.45) is 0 Å². The van der Waals surface area contributed by atoms with Crippen LogP contribution in [0.5, 0.6) is 0 Å². The third-order valence-corrected chi connectivity index (χ3v) is 4.78. The molecule has 1 rings (SSSR count). The van der Waals surface area contributed by atoms with E-state index in [1.807, 2.05) is 16.7 Å². The minimum atomic E-state index is 0.0985. The Balaban J connectivity index is 2.15. The van der Waals surface area contributed by atoms with Crippen molar-refractivity contribution >= 4 is 17.8 Å². The molecule has 0 aromatic rings. The molecule has 1 N–H and O–H groups in total. The second-order valence-electron chi connectivity index (χ2n) is 4.80. The highest BCUT2D eigenvalue weighted by atomic mass is 32.2. The molecule has 1 fully saturated rings. The zero-order valence-electron chi connectivity index (χ0n) is 11.8. The lowest BCUT2D eigenvalue weighted by molar-refractivity contribution is 0.179. The minimum Gasteiger partial charge on any atom is -0.385 e. The molecule has 0 aromatic carbocycles. The van der Waals surface area contributed by atoms with Gasteiger partial charge in [0.25, 0.3) is 0 Å². The first-order valence-corrected chi connectivity index (χ1v) is 7.86. The second kappa shape index (κ2) is 8.64. The van der Waals surface area contributed by atoms with Crippen LogP contribution in [0.3, 0.4) is 0 Å². The van der Waals surface area contributed by atoms with Crippen LogP contribution in [0.4, 0.5) is 4.79 Å². The first-order chi connectivity index (χ1) is 8.66. The van der Waals surface area contributed by atoms with Crippen molar-refractivity contribution in [1.29, 1.82) is 0 Å². The number of unbranched alkanes of at least 4 members (excludes halogenated alkanes) is 2. The third-order valence-electron chi connectivity index (χ3n) is 3.45. The number of amides is 2. The van der Waals surface area contributed by atoms with Gasteiger partial charge in [0.05, 0.1) is 0 Å². The van der Waals surface area contributed by atoms with E-state index in [0.29, 0.717) is 11.3 Å². The van der Waals surface area contributed by atoms with Crippen LogP contribution in [-0.2, 0) is 4.74 Å². The summed E-state index contributed by atoms with van der Waals surface area (Å²) in [7, 11) is 1.72. The van der Waals surface area contributed by atoms with E-state index in [-0.39, 0.29) is 6.03 Å². The summed E-state index contributed by atoms with van der Waals surface area (Å²) < 4.78 is 4.99. The van der Waals surface area contributed by atoms with Crippen molar-refractivity contribution in [3.8, 4) is 0 Å². The Morgan fingerprint density at radius 1 is 1.39 bits per heavy atom. The maximum Gasteiger partial charge on any atom is 0.317 e. The van der Waals surface area contributed by atoms with E-state index >= 15 is 0 Å². The van der Waals surface area contributed by atoms with E-state index in [9.17, 15) is 4.79 Å². The van der Waals surface area contributed by atoms with E-state index in [2.05, 4.69) is 19.2 Å². The van der Waals surface area contributed by atoms with Crippen LogP contribution in [0.25, 0.3) is 0 Å². The van der Waals surface area contributed by atoms with Gasteiger partial charge >= 0.3 is 6.03 Å². The summed E-state index contributed by atoms with van der Waals surface area (Å²) in [6.07, 6.45) is 3.21. The number of nitrogens with one attached hydrogen (secondary N) is 1. The lowest BCUT2D eigenvalue weighted by Gasteiger charge is -2.37. The maximum atomic E-state index is 12.0. The van der Waals surface area contributed by atoms with Crippen LogP contribution in [0.1, 0.15) is 33.1 Å². The average Bonchev–Trinajstić information content (AvgIpc) is 2.36. The van der Waals surface area contributed by atoms with Crippen LogP contribution >= 0.6 is 11.8 Å². The highest BCUT2D eigenvalue weighted by molar-refractivity contribution is 8.00. The molecule has 2 atom stereocenters. The molecule has 106 valence electrons. The predicted molar refractivity (Wildman–Crippen MR) is 77.2 cm³/mol. The van der Waals surface area contributed by atoms with E-state index in [0.717, 1.165) is 44.7 Å². The smallest absolute Gasteiger partial charge is 0.317 e. The standard InChI is InChI=1S/C13H26N2O2S/c1-11-12(2)18-10-8-15(11)13(16)14-7-5-4-6-9-17-3/h11-12H,4-10H2,1-3H3,(H,14,16)/t11-,12+/m1/s1. The van der Waals surface area contributed by atoms with Crippen molar-refractivity contribution in [1.82, 2.24) is 10.2 Å². The minimum absolute atomic E-state index is 0.0985. The average molecular weight is 274 g/mol. The van der Waals surface area contributed by atoms with Crippen LogP contribution in [-0.4, -0.2) is 54.8 Å². The summed E-state index contributed by atoms with van der Waals surface area (Å²) in [5.41, 5.74) is 0. The molecule has 0 saturated carbocycles. The Hall–Kier alpha value is -0.420. The summed E-state index contributed by atoms with van der Waals surface area (Å²) in [6.45, 7) is 6.78. The molecule has 0 bridgehead atoms. The Morgan fingerprint density at radius 2 is 2.17 bits per heavy atom. The maximum absolute atomic E-state index is 12.0. The largest absolute Gasteiger partial charge is 0.385 e. The molecule has 0 spiro atoms. The summed E-state index contributed by atoms with van der Waals surface area (Å²) in [5, 5.41) is 3.55. The Bertz CT molecular complexity index is 251. The van der Waals surface area contributed by atoms with Gasteiger partial charge in [-0.25, -0.2) is 4.79 Å². The van der Waals surface area contributed by atoms with Gasteiger partial charge in [-0.15, -0.1) is 0 Å². The van der Waals surface area contributed by atoms with Gasteiger partial charge in [-0.2, -0.15) is 11.8 Å². The summed E-state index contributed by atoms with van der Waals surface area (Å²) in [5.74, 6) is 1.05. The van der Waals surface area contributed by atoms with Crippen LogP contribution < -0.4 is 5.32 Å². The molecule has 0 aromatic heterocycles. The number of hydrogen-bond donors (Lipinski definition) is 1. The Kier molecular flexibility index (Phi) is 7.51. The van der Waals surface area contributed by atoms with Gasteiger partial charge in [-0.3, -0.25) is 0 Å². The van der Waals surface area contributed by atoms with Gasteiger partial charge in [0.1, 0.15) is 0 Å². The molecule has 1 aliphatic rings. The number of carbonyl (C=O) groups is 1. The van der Waals surface area contributed by atoms with E-state index < -0.39 is 0 Å². The molecule has 1 heterocycles. The number of rotatable bonds is 6. The van der Waals surface area contributed by atoms with Crippen molar-refractivity contribution < 1.29 is 9.53 Å². The topological polar surface area (TPSA) is 41.6 Å². The summed E-state index contributed by atoms with van der Waals surface area (Å²) in [4.78, 5) is 14.0. The van der Waals surface area contributed by atoms with E-state index in [4.69, 9.17) is 4.74 Å². The molecule has 4 nitrogen and oxygen atoms in total. The lowest BCUT2D eigenvalue weighted by atomic mass is 10.2. The predicted octanol–water partition coefficient (Wildman–Crippen LogP) is 2.34. The van der Waals surface area contributed by atoms with Crippen LogP contribution in [0.15, 0.2) is 0 Å². The molecule has 0 radical (unpaired) electrons. The second-order valence-corrected chi connectivity index (χ2v) is 6.28. The van der Waals surface area contributed by atoms with Gasteiger partial charge in [0.15, 0.2) is 0 Å². The fourth-order valence-corrected chi connectivity index (χ4v) is 3.16. The highest BCUT2D eigenvalue weighted by Crippen LogP contribution is 2.23. The zero-order chi connectivity index (χ0) is 13.4. The molecular weight excluding hydrogens is 248 g/mol. The van der Waals surface area contributed by atoms with Crippen LogP contribution in [0, 0.1) is 0 Å². The monoisotopic (exact) mass is 274 g/mol. The number of methoxy groups -OCH3 is 1. The molecular formula is C13H26N2O2S. The number of urea groups is 1. The van der Waals surface area contributed by atoms with Gasteiger partial charge in [0, 0.05) is 43.9 Å². The number of carbonyl (C=O) groups excluding carboxylic acids is 1. The van der Waals surface area contributed by atoms with Crippen LogP contribution in [0.2, 0.25) is 0 Å². The van der Waals surface area contributed by atoms with Gasteiger partial charge < -0.3 is 15.0 Å². The molecule has 18 heavy (non-hydrogen) atoms. The fourth-order valence-electron chi connectivity index (χ4n) is 2.06. The van der Waals surface area contributed by atoms with Crippen molar-refractivity contribution in [2.45, 2.75) is 44.4 Å². The van der Waals surface area contributed by atoms with Gasteiger partial charge in [-0.1, -0.05) is 6.92 Å². The first kappa shape index (κ1) is 15.6. The lowest BCUT2D eigenvalue weighted by Crippen LogP contribution is -2.52. The van der Waals surface area contributed by atoms with Gasteiger partial charge in [0.2, 0.25) is 0 Å². The third kappa shape index (κ3) is 5.06. The molecule has 0 unspecified atom stereocenters. The van der Waals surface area contributed by atoms with Crippen molar-refractivity contribution in [3.05, 3.63) is 0 Å². The normalized spacial score (nSPS) is 24.1. The molecule has 1 saturated heterocycles. The SMILES string of the molecule is COCCCCCNC(=O)N1CCS[C@@H](C)[C@H]1C. The molecule has 1 aliphatic heterocycles. The summed E-state index contributed by atoms with van der Waals surface area (Å²) >= 11 is 1.95. The molecule has 0 aliphatic carbocycles. The zero-order valence-corrected chi connectivity index (χ0v) is 12.6. The van der Waals surface area contributed by atoms with Crippen molar-refractivity contribution in [2.75, 3.05) is 32.6 Å². The first-order valence-electron chi connectivity index (χ1n) is 6.82. The number of ether oxygens (including phenoxy) is 1. The highest BCUT2D eigenvalue weighted by Gasteiger charge is 2.28. The number of nitrogens with zero attached hydrogens (tertiary/aromatic N) is 1.